The first-order chi connectivity index (χ1) is 15.0. The fourth-order valence-corrected chi connectivity index (χ4v) is 3.94. The zero-order valence-corrected chi connectivity index (χ0v) is 18.2. The van der Waals surface area contributed by atoms with Crippen LogP contribution in [0.15, 0.2) is 48.5 Å². The van der Waals surface area contributed by atoms with Crippen LogP contribution in [0.1, 0.15) is 29.0 Å². The SMILES string of the molecule is COc1cccc(-c2cc(C(=O)N3CCCC(COc4cccc(C)n4)C3)n(C)n2)c1. The topological polar surface area (TPSA) is 69.5 Å². The Hall–Kier alpha value is -3.35. The minimum atomic E-state index is 0.00234. The number of aryl methyl sites for hydroxylation is 2. The zero-order chi connectivity index (χ0) is 21.8. The van der Waals surface area contributed by atoms with E-state index in [4.69, 9.17) is 9.47 Å². The third-order valence-electron chi connectivity index (χ3n) is 5.60. The summed E-state index contributed by atoms with van der Waals surface area (Å²) >= 11 is 0. The number of piperidine rings is 1. The molecule has 1 atom stereocenters. The number of carbonyl (C=O) groups excluding carboxylic acids is 1. The average Bonchev–Trinajstić information content (AvgIpc) is 3.19. The van der Waals surface area contributed by atoms with Crippen molar-refractivity contribution < 1.29 is 14.3 Å². The summed E-state index contributed by atoms with van der Waals surface area (Å²) in [5, 5.41) is 4.56. The van der Waals surface area contributed by atoms with E-state index in [0.717, 1.165) is 42.1 Å². The molecule has 1 aliphatic rings. The minimum absolute atomic E-state index is 0.00234. The summed E-state index contributed by atoms with van der Waals surface area (Å²) in [5.74, 6) is 1.68. The van der Waals surface area contributed by atoms with Gasteiger partial charge in [-0.2, -0.15) is 5.10 Å². The summed E-state index contributed by atoms with van der Waals surface area (Å²) in [6.07, 6.45) is 2.00. The highest BCUT2D eigenvalue weighted by atomic mass is 16.5. The molecule has 1 fully saturated rings. The first-order valence-electron chi connectivity index (χ1n) is 10.6. The number of hydrogen-bond donors (Lipinski definition) is 0. The van der Waals surface area contributed by atoms with E-state index in [-0.39, 0.29) is 11.8 Å². The molecule has 0 bridgehead atoms. The van der Waals surface area contributed by atoms with Crippen molar-refractivity contribution in [3.8, 4) is 22.9 Å². The van der Waals surface area contributed by atoms with Gasteiger partial charge in [-0.25, -0.2) is 4.98 Å². The molecule has 3 aromatic rings. The van der Waals surface area contributed by atoms with Crippen molar-refractivity contribution >= 4 is 5.91 Å². The van der Waals surface area contributed by atoms with Crippen LogP contribution in [0.5, 0.6) is 11.6 Å². The highest BCUT2D eigenvalue weighted by molar-refractivity contribution is 5.93. The Kier molecular flexibility index (Phi) is 6.21. The van der Waals surface area contributed by atoms with Crippen molar-refractivity contribution in [1.82, 2.24) is 19.7 Å². The van der Waals surface area contributed by atoms with Gasteiger partial charge < -0.3 is 14.4 Å². The van der Waals surface area contributed by atoms with Gasteiger partial charge in [-0.15, -0.1) is 0 Å². The lowest BCUT2D eigenvalue weighted by Crippen LogP contribution is -2.42. The van der Waals surface area contributed by atoms with Gasteiger partial charge in [-0.3, -0.25) is 9.48 Å². The van der Waals surface area contributed by atoms with Crippen LogP contribution in [0.25, 0.3) is 11.3 Å². The molecule has 2 aromatic heterocycles. The molecular formula is C24H28N4O3. The molecule has 7 nitrogen and oxygen atoms in total. The van der Waals surface area contributed by atoms with Crippen LogP contribution in [0.3, 0.4) is 0 Å². The van der Waals surface area contributed by atoms with Crippen molar-refractivity contribution in [2.45, 2.75) is 19.8 Å². The maximum absolute atomic E-state index is 13.2. The fourth-order valence-electron chi connectivity index (χ4n) is 3.94. The molecule has 0 saturated carbocycles. The monoisotopic (exact) mass is 420 g/mol. The Morgan fingerprint density at radius 2 is 2.03 bits per heavy atom. The van der Waals surface area contributed by atoms with Crippen molar-refractivity contribution in [2.75, 3.05) is 26.8 Å². The predicted molar refractivity (Wildman–Crippen MR) is 118 cm³/mol. The fraction of sp³-hybridized carbons (Fsp3) is 0.375. The van der Waals surface area contributed by atoms with Gasteiger partial charge in [0.2, 0.25) is 5.88 Å². The maximum atomic E-state index is 13.2. The summed E-state index contributed by atoms with van der Waals surface area (Å²) in [7, 11) is 3.45. The predicted octanol–water partition coefficient (Wildman–Crippen LogP) is 3.73. The Morgan fingerprint density at radius 3 is 2.84 bits per heavy atom. The number of ether oxygens (including phenoxy) is 2. The van der Waals surface area contributed by atoms with Crippen molar-refractivity contribution in [3.05, 3.63) is 59.9 Å². The molecule has 4 rings (SSSR count). The number of rotatable bonds is 6. The van der Waals surface area contributed by atoms with Gasteiger partial charge in [0.25, 0.3) is 5.91 Å². The van der Waals surface area contributed by atoms with Crippen LogP contribution in [-0.4, -0.2) is 52.4 Å². The van der Waals surface area contributed by atoms with E-state index in [0.29, 0.717) is 24.7 Å². The molecule has 0 N–H and O–H groups in total. The summed E-state index contributed by atoms with van der Waals surface area (Å²) in [6, 6.07) is 15.3. The summed E-state index contributed by atoms with van der Waals surface area (Å²) in [4.78, 5) is 19.5. The van der Waals surface area contributed by atoms with E-state index in [9.17, 15) is 4.79 Å². The second-order valence-corrected chi connectivity index (χ2v) is 7.96. The van der Waals surface area contributed by atoms with E-state index in [1.54, 1.807) is 11.8 Å². The van der Waals surface area contributed by atoms with Crippen LogP contribution in [0, 0.1) is 12.8 Å². The molecule has 0 spiro atoms. The minimum Gasteiger partial charge on any atom is -0.497 e. The van der Waals surface area contributed by atoms with Crippen LogP contribution >= 0.6 is 0 Å². The van der Waals surface area contributed by atoms with Crippen LogP contribution in [0.2, 0.25) is 0 Å². The normalized spacial score (nSPS) is 16.2. The van der Waals surface area contributed by atoms with Gasteiger partial charge in [0.1, 0.15) is 11.4 Å². The third kappa shape index (κ3) is 4.87. The highest BCUT2D eigenvalue weighted by Crippen LogP contribution is 2.25. The van der Waals surface area contributed by atoms with Gasteiger partial charge >= 0.3 is 0 Å². The first kappa shape index (κ1) is 20.9. The molecule has 1 saturated heterocycles. The number of benzene rings is 1. The molecule has 1 unspecified atom stereocenters. The molecule has 31 heavy (non-hydrogen) atoms. The molecule has 0 radical (unpaired) electrons. The Morgan fingerprint density at radius 1 is 1.19 bits per heavy atom. The second-order valence-electron chi connectivity index (χ2n) is 7.96. The molecule has 162 valence electrons. The van der Waals surface area contributed by atoms with Gasteiger partial charge in [0.15, 0.2) is 0 Å². The van der Waals surface area contributed by atoms with Crippen LogP contribution in [0.4, 0.5) is 0 Å². The van der Waals surface area contributed by atoms with E-state index >= 15 is 0 Å². The van der Waals surface area contributed by atoms with E-state index in [1.807, 2.05) is 67.4 Å². The summed E-state index contributed by atoms with van der Waals surface area (Å²) < 4.78 is 12.9. The molecule has 7 heteroatoms. The van der Waals surface area contributed by atoms with Gasteiger partial charge in [-0.05, 0) is 44.0 Å². The number of pyridine rings is 1. The quantitative estimate of drug-likeness (QED) is 0.608. The van der Waals surface area contributed by atoms with Crippen LogP contribution in [-0.2, 0) is 7.05 Å². The summed E-state index contributed by atoms with van der Waals surface area (Å²) in [6.45, 7) is 3.92. The lowest BCUT2D eigenvalue weighted by Gasteiger charge is -2.32. The number of likely N-dealkylation sites (tertiary alicyclic amines) is 1. The van der Waals surface area contributed by atoms with Crippen LogP contribution < -0.4 is 9.47 Å². The highest BCUT2D eigenvalue weighted by Gasteiger charge is 2.27. The zero-order valence-electron chi connectivity index (χ0n) is 18.2. The van der Waals surface area contributed by atoms with Gasteiger partial charge in [0, 0.05) is 43.4 Å². The van der Waals surface area contributed by atoms with Gasteiger partial charge in [0.05, 0.1) is 19.4 Å². The van der Waals surface area contributed by atoms with Gasteiger partial charge in [-0.1, -0.05) is 18.2 Å². The maximum Gasteiger partial charge on any atom is 0.272 e. The van der Waals surface area contributed by atoms with Crippen molar-refractivity contribution in [1.29, 1.82) is 0 Å². The first-order valence-corrected chi connectivity index (χ1v) is 10.6. The Bertz CT molecular complexity index is 1060. The molecule has 1 amide bonds. The number of aromatic nitrogens is 3. The standard InChI is InChI=1S/C24H28N4O3/c1-17-7-4-11-23(25-17)31-16-18-8-6-12-28(15-18)24(29)22-14-21(26-27(22)2)19-9-5-10-20(13-19)30-3/h4-5,7,9-11,13-14,18H,6,8,12,15-16H2,1-3H3. The van der Waals surface area contributed by atoms with Crippen molar-refractivity contribution in [2.24, 2.45) is 13.0 Å². The smallest absolute Gasteiger partial charge is 0.272 e. The van der Waals surface area contributed by atoms with E-state index in [1.165, 1.54) is 0 Å². The molecular weight excluding hydrogens is 392 g/mol. The third-order valence-corrected chi connectivity index (χ3v) is 5.60. The Labute approximate surface area is 182 Å². The van der Waals surface area contributed by atoms with Crippen molar-refractivity contribution in [3.63, 3.8) is 0 Å². The average molecular weight is 421 g/mol. The van der Waals surface area contributed by atoms with E-state index in [2.05, 4.69) is 10.1 Å². The number of carbonyl (C=O) groups is 1. The number of nitrogens with zero attached hydrogens (tertiary/aromatic N) is 4. The van der Waals surface area contributed by atoms with E-state index < -0.39 is 0 Å². The molecule has 1 aliphatic heterocycles. The second kappa shape index (κ2) is 9.20. The lowest BCUT2D eigenvalue weighted by molar-refractivity contribution is 0.0620. The number of amides is 1. The lowest BCUT2D eigenvalue weighted by atomic mass is 9.98. The molecule has 3 heterocycles. The molecule has 0 aliphatic carbocycles. The summed E-state index contributed by atoms with van der Waals surface area (Å²) in [5.41, 5.74) is 3.19. The number of methoxy groups -OCH3 is 1. The number of hydrogen-bond acceptors (Lipinski definition) is 5. The molecule has 1 aromatic carbocycles. The Balaban J connectivity index is 1.43. The largest absolute Gasteiger partial charge is 0.497 e.